The van der Waals surface area contributed by atoms with Gasteiger partial charge in [0.25, 0.3) is 0 Å². The molecule has 4 aromatic carbocycles. The van der Waals surface area contributed by atoms with E-state index in [2.05, 4.69) is 102 Å². The molecule has 3 nitrogen and oxygen atoms in total. The minimum absolute atomic E-state index is 0.702. The van der Waals surface area contributed by atoms with E-state index in [4.69, 9.17) is 0 Å². The lowest BCUT2D eigenvalue weighted by atomic mass is 9.93. The van der Waals surface area contributed by atoms with Crippen LogP contribution in [0.1, 0.15) is 27.1 Å². The molecule has 0 radical (unpaired) electrons. The van der Waals surface area contributed by atoms with Crippen molar-refractivity contribution < 1.29 is 0 Å². The SMILES string of the molecule is Cc1ccc(CN(Cc2ccc(C#N)c(-c3cccc4ccccc34)c2)Cc2cncs2)cc1. The van der Waals surface area contributed by atoms with E-state index < -0.39 is 0 Å². The minimum Gasteiger partial charge on any atom is -0.290 e. The number of aromatic nitrogens is 1. The maximum atomic E-state index is 9.85. The van der Waals surface area contributed by atoms with Crippen molar-refractivity contribution in [3.05, 3.63) is 124 Å². The summed E-state index contributed by atoms with van der Waals surface area (Å²) in [6.45, 7) is 4.59. The van der Waals surface area contributed by atoms with E-state index in [0.29, 0.717) is 5.56 Å². The van der Waals surface area contributed by atoms with Gasteiger partial charge in [0.2, 0.25) is 0 Å². The third-order valence-corrected chi connectivity index (χ3v) is 6.84. The Hall–Kier alpha value is -3.78. The molecule has 0 fully saturated rings. The van der Waals surface area contributed by atoms with Crippen molar-refractivity contribution in [3.8, 4) is 17.2 Å². The smallest absolute Gasteiger partial charge is 0.0998 e. The van der Waals surface area contributed by atoms with Gasteiger partial charge >= 0.3 is 0 Å². The van der Waals surface area contributed by atoms with E-state index in [-0.39, 0.29) is 0 Å². The summed E-state index contributed by atoms with van der Waals surface area (Å²) in [5.74, 6) is 0. The summed E-state index contributed by atoms with van der Waals surface area (Å²) in [5, 5.41) is 12.2. The zero-order valence-corrected chi connectivity index (χ0v) is 19.9. The first kappa shape index (κ1) is 22.0. The molecule has 0 atom stereocenters. The molecule has 0 unspecified atom stereocenters. The third kappa shape index (κ3) is 4.92. The number of rotatable bonds is 7. The predicted octanol–water partition coefficient (Wildman–Crippen LogP) is 7.35. The standard InChI is InChI=1S/C30H25N3S/c1-22-9-11-23(12-10-22)18-33(20-27-17-32-21-34-27)19-24-13-14-26(16-31)30(15-24)29-8-4-6-25-5-2-3-7-28(25)29/h2-15,17,21H,18-20H2,1H3. The van der Waals surface area contributed by atoms with Crippen molar-refractivity contribution in [2.24, 2.45) is 0 Å². The number of hydrogen-bond donors (Lipinski definition) is 0. The van der Waals surface area contributed by atoms with E-state index in [0.717, 1.165) is 30.8 Å². The van der Waals surface area contributed by atoms with Crippen LogP contribution in [0, 0.1) is 18.3 Å². The summed E-state index contributed by atoms with van der Waals surface area (Å²) in [7, 11) is 0. The molecule has 0 aliphatic rings. The average molecular weight is 460 g/mol. The van der Waals surface area contributed by atoms with E-state index in [1.807, 2.05) is 17.8 Å². The molecule has 0 aliphatic carbocycles. The Morgan fingerprint density at radius 2 is 1.59 bits per heavy atom. The Balaban J connectivity index is 1.50. The summed E-state index contributed by atoms with van der Waals surface area (Å²) >= 11 is 1.69. The molecule has 0 bridgehead atoms. The van der Waals surface area contributed by atoms with Crippen LogP contribution in [0.5, 0.6) is 0 Å². The Bertz CT molecular complexity index is 1440. The van der Waals surface area contributed by atoms with E-state index in [9.17, 15) is 5.26 Å². The molecule has 0 N–H and O–H groups in total. The molecule has 0 saturated heterocycles. The second kappa shape index (κ2) is 10.0. The average Bonchev–Trinajstić information content (AvgIpc) is 3.38. The van der Waals surface area contributed by atoms with Gasteiger partial charge in [-0.15, -0.1) is 11.3 Å². The second-order valence-electron chi connectivity index (χ2n) is 8.62. The molecule has 166 valence electrons. The van der Waals surface area contributed by atoms with Gasteiger partial charge < -0.3 is 0 Å². The van der Waals surface area contributed by atoms with Gasteiger partial charge in [0.1, 0.15) is 0 Å². The Kier molecular flexibility index (Phi) is 6.49. The zero-order valence-electron chi connectivity index (χ0n) is 19.1. The highest BCUT2D eigenvalue weighted by atomic mass is 32.1. The van der Waals surface area contributed by atoms with Gasteiger partial charge in [-0.2, -0.15) is 5.26 Å². The van der Waals surface area contributed by atoms with Gasteiger partial charge in [-0.05, 0) is 46.5 Å². The number of benzene rings is 4. The van der Waals surface area contributed by atoms with Gasteiger partial charge in [-0.3, -0.25) is 9.88 Å². The molecular weight excluding hydrogens is 434 g/mol. The van der Waals surface area contributed by atoms with Crippen LogP contribution in [0.2, 0.25) is 0 Å². The monoisotopic (exact) mass is 459 g/mol. The number of nitriles is 1. The lowest BCUT2D eigenvalue weighted by Crippen LogP contribution is -2.22. The van der Waals surface area contributed by atoms with Crippen LogP contribution in [0.4, 0.5) is 0 Å². The largest absolute Gasteiger partial charge is 0.290 e. The fourth-order valence-corrected chi connectivity index (χ4v) is 5.02. The number of fused-ring (bicyclic) bond motifs is 1. The van der Waals surface area contributed by atoms with Crippen LogP contribution in [0.3, 0.4) is 0 Å². The maximum Gasteiger partial charge on any atom is 0.0998 e. The van der Waals surface area contributed by atoms with Crippen LogP contribution >= 0.6 is 11.3 Å². The van der Waals surface area contributed by atoms with Crippen LogP contribution in [0.25, 0.3) is 21.9 Å². The minimum atomic E-state index is 0.702. The molecule has 0 spiro atoms. The highest BCUT2D eigenvalue weighted by molar-refractivity contribution is 7.09. The van der Waals surface area contributed by atoms with E-state index in [1.54, 1.807) is 11.3 Å². The molecule has 34 heavy (non-hydrogen) atoms. The van der Waals surface area contributed by atoms with Gasteiger partial charge in [0.05, 0.1) is 17.1 Å². The van der Waals surface area contributed by atoms with Gasteiger partial charge in [-0.1, -0.05) is 78.4 Å². The van der Waals surface area contributed by atoms with Crippen LogP contribution in [-0.2, 0) is 19.6 Å². The van der Waals surface area contributed by atoms with Crippen molar-refractivity contribution in [1.29, 1.82) is 5.26 Å². The van der Waals surface area contributed by atoms with Crippen molar-refractivity contribution >= 4 is 22.1 Å². The molecule has 0 saturated carbocycles. The normalized spacial score (nSPS) is 11.1. The van der Waals surface area contributed by atoms with Gasteiger partial charge in [-0.25, -0.2) is 0 Å². The van der Waals surface area contributed by atoms with Crippen molar-refractivity contribution in [2.75, 3.05) is 0 Å². The Morgan fingerprint density at radius 1 is 0.824 bits per heavy atom. The molecule has 0 amide bonds. The lowest BCUT2D eigenvalue weighted by Gasteiger charge is -2.22. The topological polar surface area (TPSA) is 39.9 Å². The number of nitrogens with zero attached hydrogens (tertiary/aromatic N) is 3. The quantitative estimate of drug-likeness (QED) is 0.255. The van der Waals surface area contributed by atoms with Gasteiger partial charge in [0, 0.05) is 36.3 Å². The van der Waals surface area contributed by atoms with Crippen LogP contribution in [-0.4, -0.2) is 9.88 Å². The first-order valence-electron chi connectivity index (χ1n) is 11.4. The maximum absolute atomic E-state index is 9.85. The Labute approximate surface area is 204 Å². The van der Waals surface area contributed by atoms with Crippen LogP contribution in [0.15, 0.2) is 96.6 Å². The molecule has 4 heteroatoms. The predicted molar refractivity (Wildman–Crippen MR) is 140 cm³/mol. The molecule has 1 heterocycles. The number of aryl methyl sites for hydroxylation is 1. The third-order valence-electron chi connectivity index (χ3n) is 6.08. The highest BCUT2D eigenvalue weighted by Gasteiger charge is 2.14. The van der Waals surface area contributed by atoms with Gasteiger partial charge in [0.15, 0.2) is 0 Å². The fraction of sp³-hybridized carbons (Fsp3) is 0.133. The highest BCUT2D eigenvalue weighted by Crippen LogP contribution is 2.32. The van der Waals surface area contributed by atoms with Crippen molar-refractivity contribution in [1.82, 2.24) is 9.88 Å². The zero-order chi connectivity index (χ0) is 23.3. The summed E-state index contributed by atoms with van der Waals surface area (Å²) in [6, 6.07) is 32.0. The molecule has 1 aromatic heterocycles. The van der Waals surface area contributed by atoms with E-state index in [1.165, 1.54) is 32.3 Å². The summed E-state index contributed by atoms with van der Waals surface area (Å²) in [4.78, 5) is 7.94. The number of hydrogen-bond acceptors (Lipinski definition) is 4. The molecule has 5 rings (SSSR count). The Morgan fingerprint density at radius 3 is 2.38 bits per heavy atom. The van der Waals surface area contributed by atoms with Crippen LogP contribution < -0.4 is 0 Å². The molecular formula is C30H25N3S. The first-order chi connectivity index (χ1) is 16.7. The summed E-state index contributed by atoms with van der Waals surface area (Å²) in [6.07, 6.45) is 1.95. The summed E-state index contributed by atoms with van der Waals surface area (Å²) in [5.41, 5.74) is 8.43. The molecule has 5 aromatic rings. The van der Waals surface area contributed by atoms with E-state index >= 15 is 0 Å². The molecule has 0 aliphatic heterocycles. The first-order valence-corrected chi connectivity index (χ1v) is 12.2. The van der Waals surface area contributed by atoms with Crippen molar-refractivity contribution in [2.45, 2.75) is 26.6 Å². The second-order valence-corrected chi connectivity index (χ2v) is 9.59. The fourth-order valence-electron chi connectivity index (χ4n) is 4.39. The lowest BCUT2D eigenvalue weighted by molar-refractivity contribution is 0.250. The van der Waals surface area contributed by atoms with Crippen molar-refractivity contribution in [3.63, 3.8) is 0 Å². The number of thiazole rings is 1. The summed E-state index contributed by atoms with van der Waals surface area (Å²) < 4.78 is 0.